The van der Waals surface area contributed by atoms with Gasteiger partial charge in [0, 0.05) is 32.1 Å². The van der Waals surface area contributed by atoms with Gasteiger partial charge in [-0.2, -0.15) is 0 Å². The molecule has 4 aromatic rings. The summed E-state index contributed by atoms with van der Waals surface area (Å²) < 4.78 is 23.9. The van der Waals surface area contributed by atoms with E-state index in [0.717, 1.165) is 23.6 Å². The summed E-state index contributed by atoms with van der Waals surface area (Å²) in [5.41, 5.74) is 2.68. The minimum atomic E-state index is 0.393. The monoisotopic (exact) mass is 424 g/mol. The quantitative estimate of drug-likeness (QED) is 0.351. The fourth-order valence-corrected chi connectivity index (χ4v) is 3.54. The molecule has 0 bridgehead atoms. The highest BCUT2D eigenvalue weighted by atomic mass is 16.4. The third-order valence-corrected chi connectivity index (χ3v) is 5.22. The molecule has 4 rings (SSSR count). The molecule has 4 aromatic heterocycles. The average Bonchev–Trinajstić information content (AvgIpc) is 3.55. The minimum Gasteiger partial charge on any atom is -0.445 e. The maximum atomic E-state index is 6.08. The standard InChI is InChI=1S/C23H28N4O4/c1-7-13-12(6)24-21(29-13)19-15(9-3)31-23(26-19)20-16(10-4)30-22(27-20)18-14(8-2)28-17(11-5)25-18/h7-11H2,1-6H3. The van der Waals surface area contributed by atoms with Crippen LogP contribution < -0.4 is 0 Å². The highest BCUT2D eigenvalue weighted by molar-refractivity contribution is 5.62. The van der Waals surface area contributed by atoms with E-state index in [1.54, 1.807) is 0 Å². The fourth-order valence-electron chi connectivity index (χ4n) is 3.54. The van der Waals surface area contributed by atoms with Gasteiger partial charge in [-0.05, 0) is 6.92 Å². The summed E-state index contributed by atoms with van der Waals surface area (Å²) in [5.74, 6) is 4.96. The van der Waals surface area contributed by atoms with Crippen LogP contribution >= 0.6 is 0 Å². The van der Waals surface area contributed by atoms with E-state index in [9.17, 15) is 0 Å². The first-order valence-corrected chi connectivity index (χ1v) is 11.0. The van der Waals surface area contributed by atoms with Crippen LogP contribution in [0.3, 0.4) is 0 Å². The second kappa shape index (κ2) is 8.53. The number of aryl methyl sites for hydroxylation is 6. The lowest BCUT2D eigenvalue weighted by atomic mass is 10.3. The summed E-state index contributed by atoms with van der Waals surface area (Å²) in [6.07, 6.45) is 3.47. The average molecular weight is 425 g/mol. The van der Waals surface area contributed by atoms with E-state index >= 15 is 0 Å². The summed E-state index contributed by atoms with van der Waals surface area (Å²) in [6.45, 7) is 12.0. The molecule has 0 saturated heterocycles. The molecule has 0 aliphatic rings. The van der Waals surface area contributed by atoms with Crippen LogP contribution in [0.15, 0.2) is 17.7 Å². The molecular weight excluding hydrogens is 396 g/mol. The van der Waals surface area contributed by atoms with Gasteiger partial charge in [0.25, 0.3) is 0 Å². The van der Waals surface area contributed by atoms with Crippen molar-refractivity contribution in [3.05, 3.63) is 34.6 Å². The molecule has 8 nitrogen and oxygen atoms in total. The van der Waals surface area contributed by atoms with Crippen molar-refractivity contribution >= 4 is 0 Å². The Labute approximate surface area is 181 Å². The highest BCUT2D eigenvalue weighted by Gasteiger charge is 2.27. The Morgan fingerprint density at radius 3 is 1.35 bits per heavy atom. The third kappa shape index (κ3) is 3.71. The molecule has 0 aromatic carbocycles. The van der Waals surface area contributed by atoms with Crippen LogP contribution in [-0.2, 0) is 32.1 Å². The zero-order valence-corrected chi connectivity index (χ0v) is 19.0. The Kier molecular flexibility index (Phi) is 5.80. The van der Waals surface area contributed by atoms with Crippen LogP contribution in [-0.4, -0.2) is 19.9 Å². The number of hydrogen-bond acceptors (Lipinski definition) is 8. The van der Waals surface area contributed by atoms with Crippen molar-refractivity contribution < 1.29 is 17.7 Å². The molecule has 0 amide bonds. The maximum Gasteiger partial charge on any atom is 0.249 e. The van der Waals surface area contributed by atoms with Gasteiger partial charge in [-0.25, -0.2) is 19.9 Å². The summed E-state index contributed by atoms with van der Waals surface area (Å²) in [4.78, 5) is 18.5. The van der Waals surface area contributed by atoms with E-state index in [-0.39, 0.29) is 0 Å². The van der Waals surface area contributed by atoms with Gasteiger partial charge in [0.2, 0.25) is 17.7 Å². The molecule has 164 valence electrons. The lowest BCUT2D eigenvalue weighted by molar-refractivity contribution is 0.463. The summed E-state index contributed by atoms with van der Waals surface area (Å²) >= 11 is 0. The Bertz CT molecular complexity index is 1190. The van der Waals surface area contributed by atoms with Crippen molar-refractivity contribution in [2.45, 2.75) is 73.6 Å². The molecule has 0 saturated carbocycles. The van der Waals surface area contributed by atoms with E-state index in [4.69, 9.17) is 27.6 Å². The van der Waals surface area contributed by atoms with Crippen molar-refractivity contribution in [1.82, 2.24) is 19.9 Å². The van der Waals surface area contributed by atoms with Gasteiger partial charge in [0.15, 0.2) is 23.0 Å². The molecule has 0 unspecified atom stereocenters. The predicted molar refractivity (Wildman–Crippen MR) is 115 cm³/mol. The van der Waals surface area contributed by atoms with E-state index in [1.807, 2.05) is 41.5 Å². The van der Waals surface area contributed by atoms with Crippen LogP contribution in [0.25, 0.3) is 34.8 Å². The molecule has 0 aliphatic carbocycles. The van der Waals surface area contributed by atoms with Gasteiger partial charge < -0.3 is 17.7 Å². The Morgan fingerprint density at radius 1 is 0.484 bits per heavy atom. The van der Waals surface area contributed by atoms with Gasteiger partial charge in [0.05, 0.1) is 5.69 Å². The third-order valence-electron chi connectivity index (χ3n) is 5.22. The van der Waals surface area contributed by atoms with Crippen molar-refractivity contribution in [2.24, 2.45) is 0 Å². The Balaban J connectivity index is 1.80. The van der Waals surface area contributed by atoms with Crippen molar-refractivity contribution in [3.8, 4) is 34.8 Å². The van der Waals surface area contributed by atoms with Crippen molar-refractivity contribution in [1.29, 1.82) is 0 Å². The molecule has 31 heavy (non-hydrogen) atoms. The number of rotatable bonds is 8. The molecule has 4 heterocycles. The number of aromatic nitrogens is 4. The largest absolute Gasteiger partial charge is 0.445 e. The van der Waals surface area contributed by atoms with E-state index < -0.39 is 0 Å². The predicted octanol–water partition coefficient (Wildman–Crippen LogP) is 5.76. The zero-order valence-electron chi connectivity index (χ0n) is 19.0. The van der Waals surface area contributed by atoms with Crippen LogP contribution in [0.4, 0.5) is 0 Å². The van der Waals surface area contributed by atoms with E-state index in [0.29, 0.717) is 77.8 Å². The van der Waals surface area contributed by atoms with E-state index in [1.165, 1.54) is 0 Å². The summed E-state index contributed by atoms with van der Waals surface area (Å²) in [6, 6.07) is 0. The minimum absolute atomic E-state index is 0.393. The first-order valence-electron chi connectivity index (χ1n) is 11.0. The smallest absolute Gasteiger partial charge is 0.249 e. The van der Waals surface area contributed by atoms with Crippen molar-refractivity contribution in [2.75, 3.05) is 0 Å². The fraction of sp³-hybridized carbons (Fsp3) is 0.478. The van der Waals surface area contributed by atoms with Gasteiger partial charge in [0.1, 0.15) is 23.0 Å². The molecule has 8 heteroatoms. The number of oxazole rings is 4. The molecular formula is C23H28N4O4. The summed E-state index contributed by atoms with van der Waals surface area (Å²) in [5, 5.41) is 0. The first kappa shape index (κ1) is 21.1. The zero-order chi connectivity index (χ0) is 22.1. The van der Waals surface area contributed by atoms with Gasteiger partial charge in [-0.15, -0.1) is 0 Å². The second-order valence-corrected chi connectivity index (χ2v) is 7.26. The van der Waals surface area contributed by atoms with Gasteiger partial charge in [-0.3, -0.25) is 0 Å². The SMILES string of the molecule is CCc1nc(-c2nc(-c3nc(-c4nc(C)c(CC)o4)c(CC)o3)c(CC)o2)c(CC)o1. The Morgan fingerprint density at radius 2 is 0.903 bits per heavy atom. The topological polar surface area (TPSA) is 104 Å². The van der Waals surface area contributed by atoms with E-state index in [2.05, 4.69) is 9.97 Å². The Hall–Kier alpha value is -3.16. The van der Waals surface area contributed by atoms with Gasteiger partial charge in [-0.1, -0.05) is 34.6 Å². The maximum absolute atomic E-state index is 6.08. The normalized spacial score (nSPS) is 11.5. The van der Waals surface area contributed by atoms with Gasteiger partial charge >= 0.3 is 0 Å². The molecule has 0 fully saturated rings. The lowest BCUT2D eigenvalue weighted by Crippen LogP contribution is -1.87. The van der Waals surface area contributed by atoms with Crippen molar-refractivity contribution in [3.63, 3.8) is 0 Å². The molecule has 0 aliphatic heterocycles. The van der Waals surface area contributed by atoms with Crippen LogP contribution in [0, 0.1) is 6.92 Å². The molecule has 0 atom stereocenters. The molecule has 0 N–H and O–H groups in total. The van der Waals surface area contributed by atoms with Crippen LogP contribution in [0.1, 0.15) is 69.2 Å². The highest BCUT2D eigenvalue weighted by Crippen LogP contribution is 2.34. The first-order chi connectivity index (χ1) is 15.0. The molecule has 0 spiro atoms. The van der Waals surface area contributed by atoms with Crippen LogP contribution in [0.5, 0.6) is 0 Å². The lowest BCUT2D eigenvalue weighted by Gasteiger charge is -1.92. The number of hydrogen-bond donors (Lipinski definition) is 0. The molecule has 0 radical (unpaired) electrons. The second-order valence-electron chi connectivity index (χ2n) is 7.26. The van der Waals surface area contributed by atoms with Crippen LogP contribution in [0.2, 0.25) is 0 Å². The summed E-state index contributed by atoms with van der Waals surface area (Å²) in [7, 11) is 0. The number of nitrogens with zero attached hydrogens (tertiary/aromatic N) is 4.